The quantitative estimate of drug-likeness (QED) is 0.250. The molecular weight excluding hydrogens is 728 g/mol. The molecule has 2 aromatic carbocycles. The third-order valence-corrected chi connectivity index (χ3v) is 10.3. The standard InChI is InChI=1S/C39H39F2N9O6/c1-4-53-27-19-47(3)38(51)32-17-26(56-34-13-23(7-8-42-34)28-14-25(41)15-30-35(28)48(21-27)22(2)44-30)20-49(32)36-29-18-43-50-31-6-5-24(40)16-33(31)54-11-9-52-10-12-55-39(45-36)46-37(29)50/h5-8,13-16,18,26-27,32H,4,9-12,17,19-21H2,1-3H3/t26-,27-,32-/m0/s1. The van der Waals surface area contributed by atoms with E-state index in [1.807, 2.05) is 29.4 Å². The molecule has 6 bridgehead atoms. The smallest absolute Gasteiger partial charge is 0.320 e. The first-order valence-electron chi connectivity index (χ1n) is 18.6. The minimum absolute atomic E-state index is 0.0476. The lowest BCUT2D eigenvalue weighted by Gasteiger charge is -2.31. The number of carbonyl (C=O) groups is 1. The number of hydrogen-bond acceptors (Lipinski definition) is 12. The minimum atomic E-state index is -0.738. The van der Waals surface area contributed by atoms with E-state index in [1.54, 1.807) is 41.2 Å². The third-order valence-electron chi connectivity index (χ3n) is 10.3. The van der Waals surface area contributed by atoms with Crippen molar-refractivity contribution in [1.29, 1.82) is 0 Å². The first kappa shape index (κ1) is 35.7. The average Bonchev–Trinajstić information content (AvgIpc) is 3.88. The van der Waals surface area contributed by atoms with Gasteiger partial charge in [0.2, 0.25) is 11.8 Å². The van der Waals surface area contributed by atoms with Gasteiger partial charge in [0, 0.05) is 56.6 Å². The van der Waals surface area contributed by atoms with E-state index >= 15 is 4.39 Å². The molecule has 0 N–H and O–H groups in total. The molecule has 1 amide bonds. The van der Waals surface area contributed by atoms with Gasteiger partial charge in [-0.15, -0.1) is 0 Å². The molecule has 6 aromatic rings. The van der Waals surface area contributed by atoms with Crippen LogP contribution in [0.4, 0.5) is 14.6 Å². The molecule has 9 rings (SSSR count). The van der Waals surface area contributed by atoms with Crippen molar-refractivity contribution in [2.45, 2.75) is 45.1 Å². The highest BCUT2D eigenvalue weighted by molar-refractivity contribution is 5.94. The molecule has 17 heteroatoms. The van der Waals surface area contributed by atoms with Crippen LogP contribution in [0.15, 0.2) is 54.9 Å². The van der Waals surface area contributed by atoms with E-state index in [0.717, 1.165) is 5.52 Å². The molecule has 1 saturated heterocycles. The highest BCUT2D eigenvalue weighted by atomic mass is 19.1. The topological polar surface area (TPSA) is 144 Å². The van der Waals surface area contributed by atoms with Crippen molar-refractivity contribution in [2.75, 3.05) is 58.1 Å². The number of nitrogens with zero attached hydrogens (tertiary/aromatic N) is 9. The lowest BCUT2D eigenvalue weighted by molar-refractivity contribution is -0.133. The van der Waals surface area contributed by atoms with Crippen LogP contribution in [0.25, 0.3) is 38.9 Å². The Morgan fingerprint density at radius 3 is 2.66 bits per heavy atom. The number of fused-ring (bicyclic) bond motifs is 8. The molecular formula is C39H39F2N9O6. The number of aryl methyl sites for hydroxylation is 1. The van der Waals surface area contributed by atoms with Crippen molar-refractivity contribution < 1.29 is 37.3 Å². The van der Waals surface area contributed by atoms with Gasteiger partial charge in [-0.05, 0) is 43.7 Å². The van der Waals surface area contributed by atoms with Crippen LogP contribution >= 0.6 is 0 Å². The third kappa shape index (κ3) is 6.59. The number of anilines is 1. The molecule has 1 fully saturated rings. The van der Waals surface area contributed by atoms with Gasteiger partial charge in [0.1, 0.15) is 60.1 Å². The van der Waals surface area contributed by atoms with E-state index < -0.39 is 29.9 Å². The van der Waals surface area contributed by atoms with E-state index in [1.165, 1.54) is 24.3 Å². The highest BCUT2D eigenvalue weighted by Crippen LogP contribution is 2.37. The maximum atomic E-state index is 15.1. The fourth-order valence-electron chi connectivity index (χ4n) is 7.83. The van der Waals surface area contributed by atoms with Gasteiger partial charge in [0.15, 0.2) is 5.65 Å². The minimum Gasteiger partial charge on any atom is -0.489 e. The molecule has 0 unspecified atom stereocenters. The van der Waals surface area contributed by atoms with Crippen LogP contribution in [0.5, 0.6) is 17.6 Å². The van der Waals surface area contributed by atoms with Gasteiger partial charge in [-0.2, -0.15) is 15.1 Å². The Hall–Kier alpha value is -5.94. The lowest BCUT2D eigenvalue weighted by atomic mass is 10.0. The molecule has 4 aromatic heterocycles. The number of amides is 1. The van der Waals surface area contributed by atoms with Crippen molar-refractivity contribution in [2.24, 2.45) is 0 Å². The Kier molecular flexibility index (Phi) is 9.33. The Morgan fingerprint density at radius 2 is 1.80 bits per heavy atom. The number of aromatic nitrogens is 7. The van der Waals surface area contributed by atoms with Gasteiger partial charge < -0.3 is 38.1 Å². The Balaban J connectivity index is 1.16. The monoisotopic (exact) mass is 767 g/mol. The summed E-state index contributed by atoms with van der Waals surface area (Å²) in [5.41, 5.74) is 3.42. The van der Waals surface area contributed by atoms with E-state index in [9.17, 15) is 9.18 Å². The Labute approximate surface area is 319 Å². The summed E-state index contributed by atoms with van der Waals surface area (Å²) in [6.45, 7) is 5.87. The molecule has 290 valence electrons. The summed E-state index contributed by atoms with van der Waals surface area (Å²) in [4.78, 5) is 37.1. The SMILES string of the molecule is CCO[C@H]1CN(C)C(=O)[C@@H]2C[C@@H](CN2c2nc3nc4c2cnn4-c2ccc(F)cc2OCCOCCO3)Oc2cc(ccn2)-c2cc(F)cc3nc(C)n(c23)C1. The second-order valence-corrected chi connectivity index (χ2v) is 14.0. The van der Waals surface area contributed by atoms with Crippen LogP contribution in [0.1, 0.15) is 19.2 Å². The number of carbonyl (C=O) groups excluding carboxylic acids is 1. The van der Waals surface area contributed by atoms with Crippen molar-refractivity contribution in [3.8, 4) is 34.5 Å². The van der Waals surface area contributed by atoms with Gasteiger partial charge >= 0.3 is 6.01 Å². The lowest BCUT2D eigenvalue weighted by Crippen LogP contribution is -2.47. The molecule has 0 aliphatic carbocycles. The molecule has 7 heterocycles. The first-order valence-corrected chi connectivity index (χ1v) is 18.6. The van der Waals surface area contributed by atoms with Crippen LogP contribution in [0.3, 0.4) is 0 Å². The van der Waals surface area contributed by atoms with Crippen LogP contribution in [0, 0.1) is 18.6 Å². The van der Waals surface area contributed by atoms with E-state index in [2.05, 4.69) is 10.1 Å². The second-order valence-electron chi connectivity index (χ2n) is 14.0. The zero-order valence-electron chi connectivity index (χ0n) is 31.0. The largest absolute Gasteiger partial charge is 0.489 e. The molecule has 0 radical (unpaired) electrons. The molecule has 0 saturated carbocycles. The molecule has 3 atom stereocenters. The summed E-state index contributed by atoms with van der Waals surface area (Å²) in [5.74, 6) is 0.595. The number of pyridine rings is 1. The summed E-state index contributed by atoms with van der Waals surface area (Å²) < 4.78 is 63.5. The average molecular weight is 768 g/mol. The van der Waals surface area contributed by atoms with Gasteiger partial charge in [-0.1, -0.05) is 0 Å². The van der Waals surface area contributed by atoms with Crippen LogP contribution in [-0.4, -0.2) is 117 Å². The molecule has 3 aliphatic heterocycles. The predicted octanol–water partition coefficient (Wildman–Crippen LogP) is 4.51. The maximum absolute atomic E-state index is 15.1. The Bertz CT molecular complexity index is 2460. The van der Waals surface area contributed by atoms with Crippen molar-refractivity contribution in [1.82, 2.24) is 39.2 Å². The number of imidazole rings is 1. The Morgan fingerprint density at radius 1 is 0.946 bits per heavy atom. The van der Waals surface area contributed by atoms with E-state index in [4.69, 9.17) is 38.6 Å². The summed E-state index contributed by atoms with van der Waals surface area (Å²) in [5, 5.41) is 5.18. The van der Waals surface area contributed by atoms with Crippen LogP contribution in [0.2, 0.25) is 0 Å². The highest BCUT2D eigenvalue weighted by Gasteiger charge is 2.42. The molecule has 15 nitrogen and oxygen atoms in total. The van der Waals surface area contributed by atoms with Crippen molar-refractivity contribution in [3.05, 3.63) is 72.3 Å². The van der Waals surface area contributed by atoms with E-state index in [-0.39, 0.29) is 57.2 Å². The maximum Gasteiger partial charge on any atom is 0.320 e. The molecule has 0 spiro atoms. The number of hydrogen-bond donors (Lipinski definition) is 0. The van der Waals surface area contributed by atoms with Crippen LogP contribution < -0.4 is 19.1 Å². The number of ether oxygens (including phenoxy) is 5. The zero-order valence-corrected chi connectivity index (χ0v) is 31.0. The van der Waals surface area contributed by atoms with Gasteiger partial charge in [-0.3, -0.25) is 4.79 Å². The number of rotatable bonds is 3. The second kappa shape index (κ2) is 14.6. The van der Waals surface area contributed by atoms with E-state index in [0.29, 0.717) is 70.5 Å². The summed E-state index contributed by atoms with van der Waals surface area (Å²) in [6, 6.07) is 10.00. The fourth-order valence-corrected chi connectivity index (χ4v) is 7.83. The van der Waals surface area contributed by atoms with Crippen LogP contribution in [-0.2, 0) is 20.8 Å². The predicted molar refractivity (Wildman–Crippen MR) is 199 cm³/mol. The van der Waals surface area contributed by atoms with Crippen molar-refractivity contribution in [3.63, 3.8) is 0 Å². The van der Waals surface area contributed by atoms with Crippen molar-refractivity contribution >= 4 is 33.8 Å². The van der Waals surface area contributed by atoms with Gasteiger partial charge in [0.25, 0.3) is 0 Å². The summed E-state index contributed by atoms with van der Waals surface area (Å²) in [7, 11) is 1.75. The molecule has 56 heavy (non-hydrogen) atoms. The normalized spacial score (nSPS) is 20.3. The van der Waals surface area contributed by atoms with Gasteiger partial charge in [0.05, 0.1) is 55.0 Å². The molecule has 3 aliphatic rings. The fraction of sp³-hybridized carbons (Fsp3) is 0.385. The number of benzene rings is 2. The summed E-state index contributed by atoms with van der Waals surface area (Å²) >= 11 is 0. The van der Waals surface area contributed by atoms with Gasteiger partial charge in [-0.25, -0.2) is 23.4 Å². The number of likely N-dealkylation sites (N-methyl/N-ethyl adjacent to an activating group) is 1. The first-order chi connectivity index (χ1) is 27.2. The zero-order chi connectivity index (χ0) is 38.5. The number of halogens is 2. The summed E-state index contributed by atoms with van der Waals surface area (Å²) in [6.07, 6.45) is 2.59.